The monoisotopic (exact) mass is 295 g/mol. The smallest absolute Gasteiger partial charge is 0.243 e. The number of nitrogens with one attached hydrogen (secondary N) is 1. The molecule has 2 aromatic rings. The Balaban J connectivity index is 1.64. The summed E-state index contributed by atoms with van der Waals surface area (Å²) in [6.07, 6.45) is 1.67. The van der Waals surface area contributed by atoms with E-state index in [0.717, 1.165) is 17.1 Å². The van der Waals surface area contributed by atoms with E-state index < -0.39 is 0 Å². The molecule has 3 rings (SSSR count). The lowest BCUT2D eigenvalue weighted by molar-refractivity contribution is -0.120. The number of nitrogen functional groups attached to an aromatic ring is 1. The second kappa shape index (κ2) is 4.87. The quantitative estimate of drug-likeness (QED) is 0.897. The lowest BCUT2D eigenvalue weighted by Crippen LogP contribution is -2.38. The van der Waals surface area contributed by atoms with Crippen molar-refractivity contribution in [2.24, 2.45) is 0 Å². The molecule has 0 spiro atoms. The Morgan fingerprint density at radius 1 is 1.58 bits per heavy atom. The van der Waals surface area contributed by atoms with Crippen LogP contribution in [0.3, 0.4) is 0 Å². The van der Waals surface area contributed by atoms with E-state index in [1.54, 1.807) is 6.20 Å². The summed E-state index contributed by atoms with van der Waals surface area (Å²) >= 11 is 2.91. The molecular weight excluding hydrogens is 282 g/mol. The van der Waals surface area contributed by atoms with Gasteiger partial charge in [-0.2, -0.15) is 0 Å². The lowest BCUT2D eigenvalue weighted by atomic mass is 10.3. The van der Waals surface area contributed by atoms with Crippen LogP contribution in [0.2, 0.25) is 0 Å². The van der Waals surface area contributed by atoms with Crippen molar-refractivity contribution in [3.8, 4) is 0 Å². The molecule has 2 aromatic heterocycles. The number of hydrogen-bond acceptors (Lipinski definition) is 7. The molecule has 1 aliphatic heterocycles. The number of rotatable bonds is 3. The van der Waals surface area contributed by atoms with Crippen molar-refractivity contribution in [3.63, 3.8) is 0 Å². The molecule has 0 aromatic carbocycles. The average molecular weight is 295 g/mol. The van der Waals surface area contributed by atoms with E-state index >= 15 is 0 Å². The standard InChI is InChI=1S/C11H13N5OS2/c1-6(9(17)15-11-13-2-3-18-11)16-4-7-8(5-16)19-10(12)14-7/h2-3,6H,4-5H2,1H3,(H2,12,14)(H,13,15,17). The van der Waals surface area contributed by atoms with E-state index in [4.69, 9.17) is 5.73 Å². The van der Waals surface area contributed by atoms with Crippen molar-refractivity contribution in [1.29, 1.82) is 0 Å². The SMILES string of the molecule is CC(C(=O)Nc1nccs1)N1Cc2nc(N)sc2C1. The number of nitrogens with zero attached hydrogens (tertiary/aromatic N) is 3. The number of carbonyl (C=O) groups excluding carboxylic acids is 1. The van der Waals surface area contributed by atoms with Crippen LogP contribution in [0, 0.1) is 0 Å². The number of amides is 1. The topological polar surface area (TPSA) is 84.1 Å². The number of carbonyl (C=O) groups is 1. The van der Waals surface area contributed by atoms with E-state index in [1.807, 2.05) is 12.3 Å². The van der Waals surface area contributed by atoms with Gasteiger partial charge in [0.2, 0.25) is 5.91 Å². The Morgan fingerprint density at radius 3 is 3.11 bits per heavy atom. The summed E-state index contributed by atoms with van der Waals surface area (Å²) in [6, 6.07) is -0.216. The van der Waals surface area contributed by atoms with E-state index in [-0.39, 0.29) is 11.9 Å². The molecular formula is C11H13N5OS2. The van der Waals surface area contributed by atoms with E-state index in [2.05, 4.69) is 20.2 Å². The van der Waals surface area contributed by atoms with Crippen LogP contribution < -0.4 is 11.1 Å². The first-order valence-electron chi connectivity index (χ1n) is 5.82. The Hall–Kier alpha value is -1.51. The van der Waals surface area contributed by atoms with Crippen molar-refractivity contribution in [2.75, 3.05) is 11.1 Å². The highest BCUT2D eigenvalue weighted by atomic mass is 32.1. The van der Waals surface area contributed by atoms with E-state index in [1.165, 1.54) is 22.7 Å². The fourth-order valence-corrected chi connectivity index (χ4v) is 3.42. The highest BCUT2D eigenvalue weighted by molar-refractivity contribution is 7.15. The zero-order valence-corrected chi connectivity index (χ0v) is 11.9. The minimum absolute atomic E-state index is 0.0434. The van der Waals surface area contributed by atoms with Crippen LogP contribution in [0.5, 0.6) is 0 Å². The average Bonchev–Trinajstić information content (AvgIpc) is 3.03. The molecule has 6 nitrogen and oxygen atoms in total. The fraction of sp³-hybridized carbons (Fsp3) is 0.364. The maximum absolute atomic E-state index is 12.1. The third-order valence-electron chi connectivity index (χ3n) is 3.08. The molecule has 0 saturated carbocycles. The summed E-state index contributed by atoms with van der Waals surface area (Å²) in [5.41, 5.74) is 6.66. The van der Waals surface area contributed by atoms with Gasteiger partial charge in [0.15, 0.2) is 10.3 Å². The predicted molar refractivity (Wildman–Crippen MR) is 76.0 cm³/mol. The highest BCUT2D eigenvalue weighted by Gasteiger charge is 2.30. The minimum atomic E-state index is -0.216. The van der Waals surface area contributed by atoms with Crippen LogP contribution in [0.15, 0.2) is 11.6 Å². The van der Waals surface area contributed by atoms with Crippen LogP contribution in [0.1, 0.15) is 17.5 Å². The molecule has 0 aliphatic carbocycles. The molecule has 0 radical (unpaired) electrons. The molecule has 1 aliphatic rings. The Kier molecular flexibility index (Phi) is 3.21. The van der Waals surface area contributed by atoms with Gasteiger partial charge in [0.25, 0.3) is 0 Å². The molecule has 3 N–H and O–H groups in total. The summed E-state index contributed by atoms with van der Waals surface area (Å²) in [5.74, 6) is -0.0434. The van der Waals surface area contributed by atoms with Crippen molar-refractivity contribution in [1.82, 2.24) is 14.9 Å². The number of fused-ring (bicyclic) bond motifs is 1. The molecule has 1 unspecified atom stereocenters. The molecule has 0 bridgehead atoms. The summed E-state index contributed by atoms with van der Waals surface area (Å²) in [7, 11) is 0. The van der Waals surface area contributed by atoms with Crippen LogP contribution in [0.4, 0.5) is 10.3 Å². The third-order valence-corrected chi connectivity index (χ3v) is 4.68. The van der Waals surface area contributed by atoms with Gasteiger partial charge in [0, 0.05) is 29.5 Å². The number of thiazole rings is 2. The van der Waals surface area contributed by atoms with Gasteiger partial charge in [-0.15, -0.1) is 22.7 Å². The Labute approximate surface area is 118 Å². The third kappa shape index (κ3) is 2.46. The van der Waals surface area contributed by atoms with Crippen molar-refractivity contribution in [3.05, 3.63) is 22.1 Å². The molecule has 0 fully saturated rings. The van der Waals surface area contributed by atoms with Gasteiger partial charge in [-0.1, -0.05) is 0 Å². The zero-order valence-electron chi connectivity index (χ0n) is 10.3. The normalized spacial score (nSPS) is 16.3. The Morgan fingerprint density at radius 2 is 2.42 bits per heavy atom. The van der Waals surface area contributed by atoms with Gasteiger partial charge >= 0.3 is 0 Å². The second-order valence-corrected chi connectivity index (χ2v) is 6.34. The largest absolute Gasteiger partial charge is 0.375 e. The molecule has 8 heteroatoms. The first kappa shape index (κ1) is 12.5. The van der Waals surface area contributed by atoms with Gasteiger partial charge < -0.3 is 11.1 Å². The molecule has 1 atom stereocenters. The van der Waals surface area contributed by atoms with Crippen molar-refractivity contribution in [2.45, 2.75) is 26.1 Å². The lowest BCUT2D eigenvalue weighted by Gasteiger charge is -2.22. The van der Waals surface area contributed by atoms with Crippen LogP contribution in [-0.2, 0) is 17.9 Å². The maximum atomic E-state index is 12.1. The molecule has 100 valence electrons. The van der Waals surface area contributed by atoms with Gasteiger partial charge in [-0.3, -0.25) is 9.69 Å². The van der Waals surface area contributed by atoms with Gasteiger partial charge in [0.05, 0.1) is 11.7 Å². The number of anilines is 2. The number of nitrogens with two attached hydrogens (primary N) is 1. The van der Waals surface area contributed by atoms with Crippen molar-refractivity contribution < 1.29 is 4.79 Å². The first-order valence-corrected chi connectivity index (χ1v) is 7.51. The van der Waals surface area contributed by atoms with E-state index in [9.17, 15) is 4.79 Å². The highest BCUT2D eigenvalue weighted by Crippen LogP contribution is 2.30. The summed E-state index contributed by atoms with van der Waals surface area (Å²) < 4.78 is 0. The molecule has 19 heavy (non-hydrogen) atoms. The molecule has 1 amide bonds. The predicted octanol–water partition coefficient (Wildman–Crippen LogP) is 1.52. The van der Waals surface area contributed by atoms with Crippen LogP contribution in [0.25, 0.3) is 0 Å². The van der Waals surface area contributed by atoms with Gasteiger partial charge in [0.1, 0.15) is 0 Å². The first-order chi connectivity index (χ1) is 9.13. The number of hydrogen-bond donors (Lipinski definition) is 2. The van der Waals surface area contributed by atoms with E-state index in [0.29, 0.717) is 16.8 Å². The Bertz CT molecular complexity index is 571. The second-order valence-electron chi connectivity index (χ2n) is 4.33. The summed E-state index contributed by atoms with van der Waals surface area (Å²) in [5, 5.41) is 5.88. The summed E-state index contributed by atoms with van der Waals surface area (Å²) in [6.45, 7) is 3.30. The maximum Gasteiger partial charge on any atom is 0.243 e. The van der Waals surface area contributed by atoms with Crippen LogP contribution in [-0.4, -0.2) is 26.8 Å². The van der Waals surface area contributed by atoms with Crippen molar-refractivity contribution >= 4 is 38.8 Å². The number of aromatic nitrogens is 2. The fourth-order valence-electron chi connectivity index (χ4n) is 2.02. The zero-order chi connectivity index (χ0) is 13.4. The van der Waals surface area contributed by atoms with Crippen LogP contribution >= 0.6 is 22.7 Å². The van der Waals surface area contributed by atoms with Gasteiger partial charge in [-0.05, 0) is 6.92 Å². The molecule has 0 saturated heterocycles. The minimum Gasteiger partial charge on any atom is -0.375 e. The molecule has 3 heterocycles. The summed E-state index contributed by atoms with van der Waals surface area (Å²) in [4.78, 5) is 23.7. The van der Waals surface area contributed by atoms with Gasteiger partial charge in [-0.25, -0.2) is 9.97 Å².